The molecular weight excluding hydrogens is 316 g/mol. The van der Waals surface area contributed by atoms with Gasteiger partial charge in [0.2, 0.25) is 5.91 Å². The Balaban J connectivity index is 1.57. The van der Waals surface area contributed by atoms with Crippen LogP contribution in [0.2, 0.25) is 0 Å². The van der Waals surface area contributed by atoms with E-state index in [1.165, 1.54) is 11.3 Å². The predicted molar refractivity (Wildman–Crippen MR) is 95.4 cm³/mol. The third kappa shape index (κ3) is 3.46. The van der Waals surface area contributed by atoms with E-state index in [0.717, 1.165) is 31.4 Å². The fourth-order valence-electron chi connectivity index (χ4n) is 3.89. The summed E-state index contributed by atoms with van der Waals surface area (Å²) in [4.78, 5) is 40.6. The SMILES string of the molecule is CCC1CCCCN1C(=O)CCCN1C(=O)c2ccc(C)cc2C1=O. The Bertz CT molecular complexity index is 698. The topological polar surface area (TPSA) is 57.7 Å². The van der Waals surface area contributed by atoms with Crippen molar-refractivity contribution in [1.29, 1.82) is 0 Å². The van der Waals surface area contributed by atoms with Crippen LogP contribution in [0.1, 0.15) is 71.7 Å². The number of carbonyl (C=O) groups is 3. The third-order valence-corrected chi connectivity index (χ3v) is 5.32. The second-order valence-electron chi connectivity index (χ2n) is 7.06. The Morgan fingerprint density at radius 2 is 1.92 bits per heavy atom. The number of nitrogens with zero attached hydrogens (tertiary/aromatic N) is 2. The molecule has 25 heavy (non-hydrogen) atoms. The van der Waals surface area contributed by atoms with Crippen LogP contribution in [-0.4, -0.2) is 46.7 Å². The molecule has 1 unspecified atom stereocenters. The molecule has 5 heteroatoms. The van der Waals surface area contributed by atoms with Crippen LogP contribution >= 0.6 is 0 Å². The fraction of sp³-hybridized carbons (Fsp3) is 0.550. The Morgan fingerprint density at radius 3 is 2.68 bits per heavy atom. The summed E-state index contributed by atoms with van der Waals surface area (Å²) in [6.07, 6.45) is 5.25. The zero-order valence-electron chi connectivity index (χ0n) is 15.1. The monoisotopic (exact) mass is 342 g/mol. The summed E-state index contributed by atoms with van der Waals surface area (Å²) in [5, 5.41) is 0. The summed E-state index contributed by atoms with van der Waals surface area (Å²) in [6, 6.07) is 5.68. The lowest BCUT2D eigenvalue weighted by atomic mass is 9.99. The van der Waals surface area contributed by atoms with Crippen LogP contribution in [0.25, 0.3) is 0 Å². The highest BCUT2D eigenvalue weighted by molar-refractivity contribution is 6.21. The smallest absolute Gasteiger partial charge is 0.261 e. The Morgan fingerprint density at radius 1 is 1.16 bits per heavy atom. The minimum Gasteiger partial charge on any atom is -0.340 e. The van der Waals surface area contributed by atoms with Crippen molar-refractivity contribution in [2.75, 3.05) is 13.1 Å². The van der Waals surface area contributed by atoms with Gasteiger partial charge < -0.3 is 4.90 Å². The quantitative estimate of drug-likeness (QED) is 0.772. The van der Waals surface area contributed by atoms with Crippen LogP contribution < -0.4 is 0 Å². The van der Waals surface area contributed by atoms with E-state index in [0.29, 0.717) is 36.6 Å². The molecule has 2 heterocycles. The first-order valence-corrected chi connectivity index (χ1v) is 9.29. The molecule has 1 fully saturated rings. The van der Waals surface area contributed by atoms with Gasteiger partial charge in [0.15, 0.2) is 0 Å². The van der Waals surface area contributed by atoms with Crippen molar-refractivity contribution in [3.8, 4) is 0 Å². The van der Waals surface area contributed by atoms with Gasteiger partial charge in [-0.1, -0.05) is 18.6 Å². The summed E-state index contributed by atoms with van der Waals surface area (Å²) in [5.41, 5.74) is 1.93. The highest BCUT2D eigenvalue weighted by Crippen LogP contribution is 2.25. The first-order valence-electron chi connectivity index (χ1n) is 9.29. The summed E-state index contributed by atoms with van der Waals surface area (Å²) in [7, 11) is 0. The molecule has 0 bridgehead atoms. The van der Waals surface area contributed by atoms with Crippen LogP contribution in [0.5, 0.6) is 0 Å². The maximum absolute atomic E-state index is 12.5. The van der Waals surface area contributed by atoms with Gasteiger partial charge in [0.25, 0.3) is 11.8 Å². The van der Waals surface area contributed by atoms with Crippen molar-refractivity contribution in [2.45, 2.75) is 58.4 Å². The predicted octanol–water partition coefficient (Wildman–Crippen LogP) is 3.16. The molecule has 3 amide bonds. The number of hydrogen-bond donors (Lipinski definition) is 0. The van der Waals surface area contributed by atoms with Crippen LogP contribution in [0.3, 0.4) is 0 Å². The number of likely N-dealkylation sites (tertiary alicyclic amines) is 1. The van der Waals surface area contributed by atoms with Crippen LogP contribution in [0, 0.1) is 6.92 Å². The molecule has 1 saturated heterocycles. The van der Waals surface area contributed by atoms with Gasteiger partial charge in [-0.2, -0.15) is 0 Å². The van der Waals surface area contributed by atoms with Crippen LogP contribution in [-0.2, 0) is 4.79 Å². The molecule has 0 spiro atoms. The third-order valence-electron chi connectivity index (χ3n) is 5.32. The molecule has 1 aromatic rings. The van der Waals surface area contributed by atoms with E-state index in [1.807, 2.05) is 17.9 Å². The average molecular weight is 342 g/mol. The van der Waals surface area contributed by atoms with Gasteiger partial charge in [0, 0.05) is 25.6 Å². The maximum atomic E-state index is 12.5. The van der Waals surface area contributed by atoms with E-state index in [2.05, 4.69) is 6.92 Å². The van der Waals surface area contributed by atoms with Crippen molar-refractivity contribution >= 4 is 17.7 Å². The molecule has 5 nitrogen and oxygen atoms in total. The van der Waals surface area contributed by atoms with Gasteiger partial charge in [-0.25, -0.2) is 0 Å². The maximum Gasteiger partial charge on any atom is 0.261 e. The number of imide groups is 1. The first-order chi connectivity index (χ1) is 12.0. The lowest BCUT2D eigenvalue weighted by molar-refractivity contribution is -0.135. The van der Waals surface area contributed by atoms with E-state index in [1.54, 1.807) is 12.1 Å². The van der Waals surface area contributed by atoms with Crippen molar-refractivity contribution in [1.82, 2.24) is 9.80 Å². The number of amides is 3. The van der Waals surface area contributed by atoms with E-state index < -0.39 is 0 Å². The summed E-state index contributed by atoms with van der Waals surface area (Å²) >= 11 is 0. The second kappa shape index (κ2) is 7.38. The molecule has 0 aliphatic carbocycles. The molecule has 0 radical (unpaired) electrons. The number of benzene rings is 1. The number of rotatable bonds is 5. The lowest BCUT2D eigenvalue weighted by Gasteiger charge is -2.35. The number of aryl methyl sites for hydroxylation is 1. The Kier molecular flexibility index (Phi) is 5.21. The lowest BCUT2D eigenvalue weighted by Crippen LogP contribution is -2.43. The molecule has 0 aromatic heterocycles. The average Bonchev–Trinajstić information content (AvgIpc) is 2.85. The molecule has 0 saturated carbocycles. The van der Waals surface area contributed by atoms with E-state index in [4.69, 9.17) is 0 Å². The van der Waals surface area contributed by atoms with E-state index >= 15 is 0 Å². The van der Waals surface area contributed by atoms with Gasteiger partial charge in [0.05, 0.1) is 11.1 Å². The standard InChI is InChI=1S/C20H26N2O3/c1-3-15-7-4-5-11-21(15)18(23)8-6-12-22-19(24)16-10-9-14(2)13-17(16)20(22)25/h9-10,13,15H,3-8,11-12H2,1-2H3. The Labute approximate surface area is 149 Å². The molecule has 1 aromatic carbocycles. The van der Waals surface area contributed by atoms with Crippen LogP contribution in [0.4, 0.5) is 0 Å². The highest BCUT2D eigenvalue weighted by Gasteiger charge is 2.35. The minimum atomic E-state index is -0.239. The number of fused-ring (bicyclic) bond motifs is 1. The molecule has 3 rings (SSSR count). The molecule has 2 aliphatic heterocycles. The first kappa shape index (κ1) is 17.6. The van der Waals surface area contributed by atoms with Gasteiger partial charge in [0.1, 0.15) is 0 Å². The van der Waals surface area contributed by atoms with Gasteiger partial charge in [-0.15, -0.1) is 0 Å². The molecule has 1 atom stereocenters. The summed E-state index contributed by atoms with van der Waals surface area (Å²) in [6.45, 7) is 5.17. The summed E-state index contributed by atoms with van der Waals surface area (Å²) < 4.78 is 0. The number of hydrogen-bond acceptors (Lipinski definition) is 3. The van der Waals surface area contributed by atoms with Gasteiger partial charge in [-0.05, 0) is 51.2 Å². The highest BCUT2D eigenvalue weighted by atomic mass is 16.2. The zero-order valence-corrected chi connectivity index (χ0v) is 15.1. The number of carbonyl (C=O) groups excluding carboxylic acids is 3. The molecule has 0 N–H and O–H groups in total. The van der Waals surface area contributed by atoms with Crippen molar-refractivity contribution in [3.05, 3.63) is 34.9 Å². The van der Waals surface area contributed by atoms with Crippen molar-refractivity contribution in [2.24, 2.45) is 0 Å². The van der Waals surface area contributed by atoms with Crippen molar-refractivity contribution < 1.29 is 14.4 Å². The normalized spacial score (nSPS) is 20.2. The second-order valence-corrected chi connectivity index (χ2v) is 7.06. The molecular formula is C20H26N2O3. The molecule has 2 aliphatic rings. The zero-order chi connectivity index (χ0) is 18.0. The number of piperidine rings is 1. The van der Waals surface area contributed by atoms with Gasteiger partial charge >= 0.3 is 0 Å². The summed E-state index contributed by atoms with van der Waals surface area (Å²) in [5.74, 6) is -0.323. The Hall–Kier alpha value is -2.17. The van der Waals surface area contributed by atoms with Crippen LogP contribution in [0.15, 0.2) is 18.2 Å². The van der Waals surface area contributed by atoms with Gasteiger partial charge in [-0.3, -0.25) is 19.3 Å². The van der Waals surface area contributed by atoms with E-state index in [9.17, 15) is 14.4 Å². The minimum absolute atomic E-state index is 0.152. The largest absolute Gasteiger partial charge is 0.340 e. The van der Waals surface area contributed by atoms with Crippen molar-refractivity contribution in [3.63, 3.8) is 0 Å². The van der Waals surface area contributed by atoms with E-state index in [-0.39, 0.29) is 17.7 Å². The fourth-order valence-corrected chi connectivity index (χ4v) is 3.89. The molecule has 134 valence electrons.